The number of H-pyrrole nitrogens is 1. The molecule has 0 unspecified atom stereocenters. The number of amides is 1. The molecule has 20 heavy (non-hydrogen) atoms. The highest BCUT2D eigenvalue weighted by Gasteiger charge is 2.31. The van der Waals surface area contributed by atoms with E-state index < -0.39 is 28.9 Å². The molecule has 0 saturated carbocycles. The van der Waals surface area contributed by atoms with Gasteiger partial charge < -0.3 is 15.0 Å². The molecule has 0 saturated heterocycles. The lowest BCUT2D eigenvalue weighted by molar-refractivity contribution is -0.137. The van der Waals surface area contributed by atoms with E-state index in [4.69, 9.17) is 4.74 Å². The number of hydrogen-bond donors (Lipinski definition) is 2. The lowest BCUT2D eigenvalue weighted by Crippen LogP contribution is -2.21. The fourth-order valence-electron chi connectivity index (χ4n) is 1.43. The number of aromatic nitrogens is 1. The number of nitrogens with one attached hydrogen (secondary N) is 2. The van der Waals surface area contributed by atoms with Crippen LogP contribution in [0.1, 0.15) is 25.3 Å². The third-order valence-corrected chi connectivity index (χ3v) is 2.40. The van der Waals surface area contributed by atoms with Gasteiger partial charge in [-0.05, 0) is 19.4 Å². The van der Waals surface area contributed by atoms with Crippen LogP contribution < -0.4 is 10.9 Å². The van der Waals surface area contributed by atoms with Crippen molar-refractivity contribution in [2.45, 2.75) is 25.9 Å². The molecule has 2 N–H and O–H groups in total. The maximum absolute atomic E-state index is 12.5. The van der Waals surface area contributed by atoms with Gasteiger partial charge in [-0.3, -0.25) is 9.59 Å². The first-order valence-corrected chi connectivity index (χ1v) is 6.02. The minimum atomic E-state index is -4.58. The van der Waals surface area contributed by atoms with Crippen LogP contribution in [-0.4, -0.2) is 24.1 Å². The van der Waals surface area contributed by atoms with Crippen LogP contribution in [0.25, 0.3) is 0 Å². The van der Waals surface area contributed by atoms with Crippen molar-refractivity contribution in [2.24, 2.45) is 0 Å². The van der Waals surface area contributed by atoms with Crippen LogP contribution in [0, 0.1) is 0 Å². The molecule has 112 valence electrons. The normalized spacial score (nSPS) is 11.4. The second-order valence-corrected chi connectivity index (χ2v) is 3.98. The SMILES string of the molecule is CCOCCCC(=O)Nc1cc(C(F)(F)F)c[nH]c1=O. The van der Waals surface area contributed by atoms with Gasteiger partial charge in [0.2, 0.25) is 5.91 Å². The van der Waals surface area contributed by atoms with E-state index in [-0.39, 0.29) is 6.42 Å². The van der Waals surface area contributed by atoms with Gasteiger partial charge in [-0.15, -0.1) is 0 Å². The molecule has 8 heteroatoms. The number of carbonyl (C=O) groups excluding carboxylic acids is 1. The highest BCUT2D eigenvalue weighted by atomic mass is 19.4. The molecule has 0 aliphatic rings. The summed E-state index contributed by atoms with van der Waals surface area (Å²) in [4.78, 5) is 24.8. The summed E-state index contributed by atoms with van der Waals surface area (Å²) in [5.74, 6) is -0.533. The molecule has 0 fully saturated rings. The second kappa shape index (κ2) is 7.09. The smallest absolute Gasteiger partial charge is 0.382 e. The van der Waals surface area contributed by atoms with Crippen LogP contribution in [0.3, 0.4) is 0 Å². The first-order chi connectivity index (χ1) is 9.34. The molecule has 0 aliphatic carbocycles. The molecule has 0 atom stereocenters. The molecular formula is C12H15F3N2O3. The van der Waals surface area contributed by atoms with Crippen molar-refractivity contribution in [1.82, 2.24) is 4.98 Å². The Balaban J connectivity index is 2.67. The monoisotopic (exact) mass is 292 g/mol. The minimum absolute atomic E-state index is 0.0652. The lowest BCUT2D eigenvalue weighted by atomic mass is 10.2. The number of pyridine rings is 1. The third kappa shape index (κ3) is 5.04. The van der Waals surface area contributed by atoms with E-state index in [1.54, 1.807) is 0 Å². The quantitative estimate of drug-likeness (QED) is 0.789. The van der Waals surface area contributed by atoms with Crippen molar-refractivity contribution in [3.05, 3.63) is 28.2 Å². The highest BCUT2D eigenvalue weighted by Crippen LogP contribution is 2.29. The van der Waals surface area contributed by atoms with E-state index in [2.05, 4.69) is 5.32 Å². The number of rotatable bonds is 6. The Morgan fingerprint density at radius 3 is 2.75 bits per heavy atom. The van der Waals surface area contributed by atoms with Crippen molar-refractivity contribution in [1.29, 1.82) is 0 Å². The Kier molecular flexibility index (Phi) is 5.75. The molecule has 1 amide bonds. The summed E-state index contributed by atoms with van der Waals surface area (Å²) in [6.07, 6.45) is -3.53. The molecule has 0 aliphatic heterocycles. The number of aromatic amines is 1. The summed E-state index contributed by atoms with van der Waals surface area (Å²) in [5, 5.41) is 2.16. The van der Waals surface area contributed by atoms with Crippen LogP contribution in [0.5, 0.6) is 0 Å². The van der Waals surface area contributed by atoms with Gasteiger partial charge in [-0.2, -0.15) is 13.2 Å². The summed E-state index contributed by atoms with van der Waals surface area (Å²) in [6.45, 7) is 2.71. The Morgan fingerprint density at radius 1 is 1.45 bits per heavy atom. The number of ether oxygens (including phenoxy) is 1. The molecule has 1 aromatic heterocycles. The predicted molar refractivity (Wildman–Crippen MR) is 66.4 cm³/mol. The van der Waals surface area contributed by atoms with Gasteiger partial charge in [-0.25, -0.2) is 0 Å². The van der Waals surface area contributed by atoms with Gasteiger partial charge in [0.25, 0.3) is 5.56 Å². The second-order valence-electron chi connectivity index (χ2n) is 3.98. The van der Waals surface area contributed by atoms with E-state index in [1.807, 2.05) is 11.9 Å². The third-order valence-electron chi connectivity index (χ3n) is 2.40. The molecular weight excluding hydrogens is 277 g/mol. The maximum atomic E-state index is 12.5. The first-order valence-electron chi connectivity index (χ1n) is 6.02. The molecule has 0 bridgehead atoms. The van der Waals surface area contributed by atoms with Gasteiger partial charge in [-0.1, -0.05) is 0 Å². The predicted octanol–water partition coefficient (Wildman–Crippen LogP) is 2.15. The van der Waals surface area contributed by atoms with Gasteiger partial charge in [0.05, 0.1) is 5.56 Å². The summed E-state index contributed by atoms with van der Waals surface area (Å²) in [6, 6.07) is 0.610. The summed E-state index contributed by atoms with van der Waals surface area (Å²) >= 11 is 0. The Hall–Kier alpha value is -1.83. The largest absolute Gasteiger partial charge is 0.417 e. The van der Waals surface area contributed by atoms with E-state index >= 15 is 0 Å². The number of anilines is 1. The van der Waals surface area contributed by atoms with Crippen molar-refractivity contribution in [3.63, 3.8) is 0 Å². The van der Waals surface area contributed by atoms with Crippen molar-refractivity contribution in [2.75, 3.05) is 18.5 Å². The van der Waals surface area contributed by atoms with Crippen LogP contribution in [0.15, 0.2) is 17.1 Å². The average Bonchev–Trinajstić information content (AvgIpc) is 2.36. The van der Waals surface area contributed by atoms with Crippen LogP contribution >= 0.6 is 0 Å². The van der Waals surface area contributed by atoms with Crippen LogP contribution in [-0.2, 0) is 15.7 Å². The van der Waals surface area contributed by atoms with Crippen molar-refractivity contribution >= 4 is 11.6 Å². The fraction of sp³-hybridized carbons (Fsp3) is 0.500. The van der Waals surface area contributed by atoms with Crippen molar-refractivity contribution < 1.29 is 22.7 Å². The van der Waals surface area contributed by atoms with E-state index in [0.717, 1.165) is 0 Å². The lowest BCUT2D eigenvalue weighted by Gasteiger charge is -2.09. The standard InChI is InChI=1S/C12H15F3N2O3/c1-2-20-5-3-4-10(18)17-9-6-8(12(13,14)15)7-16-11(9)19/h6-7H,2-5H2,1H3,(H,16,19)(H,17,18). The van der Waals surface area contributed by atoms with Gasteiger partial charge >= 0.3 is 6.18 Å². The zero-order valence-corrected chi connectivity index (χ0v) is 10.8. The summed E-state index contributed by atoms with van der Waals surface area (Å²) < 4.78 is 42.4. The van der Waals surface area contributed by atoms with Gasteiger partial charge in [0, 0.05) is 25.8 Å². The summed E-state index contributed by atoms with van der Waals surface area (Å²) in [5.41, 5.74) is -2.22. The molecule has 5 nitrogen and oxygen atoms in total. The number of halogens is 3. The molecule has 0 aromatic carbocycles. The fourth-order valence-corrected chi connectivity index (χ4v) is 1.43. The first kappa shape index (κ1) is 16.2. The zero-order valence-electron chi connectivity index (χ0n) is 10.8. The minimum Gasteiger partial charge on any atom is -0.382 e. The maximum Gasteiger partial charge on any atom is 0.417 e. The molecule has 1 heterocycles. The van der Waals surface area contributed by atoms with E-state index in [9.17, 15) is 22.8 Å². The number of carbonyl (C=O) groups is 1. The molecule has 0 radical (unpaired) electrons. The highest BCUT2D eigenvalue weighted by molar-refractivity contribution is 5.90. The van der Waals surface area contributed by atoms with E-state index in [0.29, 0.717) is 31.9 Å². The Labute approximate surface area is 113 Å². The average molecular weight is 292 g/mol. The van der Waals surface area contributed by atoms with Crippen molar-refractivity contribution in [3.8, 4) is 0 Å². The van der Waals surface area contributed by atoms with Crippen LogP contribution in [0.4, 0.5) is 18.9 Å². The topological polar surface area (TPSA) is 71.2 Å². The van der Waals surface area contributed by atoms with Gasteiger partial charge in [0.15, 0.2) is 0 Å². The summed E-state index contributed by atoms with van der Waals surface area (Å²) in [7, 11) is 0. The zero-order chi connectivity index (χ0) is 15.2. The van der Waals surface area contributed by atoms with E-state index in [1.165, 1.54) is 0 Å². The molecule has 0 spiro atoms. The Morgan fingerprint density at radius 2 is 2.15 bits per heavy atom. The Bertz CT molecular complexity index is 511. The van der Waals surface area contributed by atoms with Gasteiger partial charge in [0.1, 0.15) is 5.69 Å². The number of alkyl halides is 3. The number of hydrogen-bond acceptors (Lipinski definition) is 3. The van der Waals surface area contributed by atoms with Crippen LogP contribution in [0.2, 0.25) is 0 Å². The molecule has 1 aromatic rings. The molecule has 1 rings (SSSR count).